The Balaban J connectivity index is 2.86. The average Bonchev–Trinajstić information content (AvgIpc) is 2.08. The molecule has 1 N–H and O–H groups in total. The first-order valence-electron chi connectivity index (χ1n) is 5.33. The largest absolute Gasteiger partial charge is 0.444 e. The van der Waals surface area contributed by atoms with E-state index in [2.05, 4.69) is 32.9 Å². The van der Waals surface area contributed by atoms with Crippen LogP contribution in [0.25, 0.3) is 0 Å². The van der Waals surface area contributed by atoms with Gasteiger partial charge in [0.05, 0.1) is 11.4 Å². The van der Waals surface area contributed by atoms with Crippen LogP contribution in [0, 0.1) is 17.4 Å². The van der Waals surface area contributed by atoms with Gasteiger partial charge >= 0.3 is 6.09 Å². The summed E-state index contributed by atoms with van der Waals surface area (Å²) in [4.78, 5) is 16.0. The third kappa shape index (κ3) is 4.49. The predicted octanol–water partition coefficient (Wildman–Crippen LogP) is 3.65. The molecule has 0 aliphatic rings. The highest BCUT2D eigenvalue weighted by molar-refractivity contribution is 14.1. The monoisotopic (exact) mass is 348 g/mol. The van der Waals surface area contributed by atoms with Crippen LogP contribution in [0.5, 0.6) is 0 Å². The Hall–Kier alpha value is -0.850. The molecular formula is C12H17IN2O2. The van der Waals surface area contributed by atoms with Crippen LogP contribution in [-0.4, -0.2) is 16.7 Å². The number of halogens is 1. The van der Waals surface area contributed by atoms with Crippen molar-refractivity contribution in [2.75, 3.05) is 5.32 Å². The number of anilines is 1. The van der Waals surface area contributed by atoms with Gasteiger partial charge in [-0.15, -0.1) is 0 Å². The number of rotatable bonds is 1. The fraction of sp³-hybridized carbons (Fsp3) is 0.500. The van der Waals surface area contributed by atoms with Crippen LogP contribution in [0.1, 0.15) is 32.2 Å². The number of amides is 1. The van der Waals surface area contributed by atoms with Crippen molar-refractivity contribution in [1.29, 1.82) is 0 Å². The Morgan fingerprint density at radius 1 is 1.41 bits per heavy atom. The first-order valence-corrected chi connectivity index (χ1v) is 6.40. The predicted molar refractivity (Wildman–Crippen MR) is 76.3 cm³/mol. The number of hydrogen-bond donors (Lipinski definition) is 1. The molecule has 1 heterocycles. The van der Waals surface area contributed by atoms with Crippen molar-refractivity contribution in [3.05, 3.63) is 21.0 Å². The number of aromatic nitrogens is 1. The highest BCUT2D eigenvalue weighted by atomic mass is 127. The van der Waals surface area contributed by atoms with Gasteiger partial charge in [0.1, 0.15) is 5.60 Å². The van der Waals surface area contributed by atoms with Crippen LogP contribution in [0.2, 0.25) is 0 Å². The maximum Gasteiger partial charge on any atom is 0.412 e. The molecule has 0 atom stereocenters. The lowest BCUT2D eigenvalue weighted by atomic mass is 10.2. The minimum absolute atomic E-state index is 0.454. The lowest BCUT2D eigenvalue weighted by Crippen LogP contribution is -2.27. The van der Waals surface area contributed by atoms with Gasteiger partial charge in [-0.1, -0.05) is 0 Å². The number of nitrogens with zero attached hydrogens (tertiary/aromatic N) is 1. The van der Waals surface area contributed by atoms with Gasteiger partial charge in [-0.25, -0.2) is 4.79 Å². The number of carbonyl (C=O) groups excluding carboxylic acids is 1. The zero-order chi connectivity index (χ0) is 13.2. The fourth-order valence-corrected chi connectivity index (χ4v) is 2.31. The molecule has 94 valence electrons. The summed E-state index contributed by atoms with van der Waals surface area (Å²) in [6.45, 7) is 9.28. The molecule has 0 saturated heterocycles. The van der Waals surface area contributed by atoms with Gasteiger partial charge in [-0.3, -0.25) is 10.3 Å². The van der Waals surface area contributed by atoms with Crippen molar-refractivity contribution in [1.82, 2.24) is 4.98 Å². The lowest BCUT2D eigenvalue weighted by molar-refractivity contribution is 0.0635. The highest BCUT2D eigenvalue weighted by Crippen LogP contribution is 2.22. The molecule has 0 radical (unpaired) electrons. The van der Waals surface area contributed by atoms with E-state index in [1.54, 1.807) is 0 Å². The molecule has 1 aromatic heterocycles. The van der Waals surface area contributed by atoms with Crippen molar-refractivity contribution in [3.63, 3.8) is 0 Å². The second-order valence-corrected chi connectivity index (χ2v) is 5.99. The maximum atomic E-state index is 11.7. The molecule has 0 unspecified atom stereocenters. The third-order valence-corrected chi connectivity index (χ3v) is 2.76. The number of hydrogen-bond acceptors (Lipinski definition) is 3. The molecule has 1 amide bonds. The SMILES string of the molecule is Cc1cc(I)c(NC(=O)OC(C)(C)C)c(C)n1. The molecule has 0 fully saturated rings. The normalized spacial score (nSPS) is 11.2. The minimum atomic E-state index is -0.498. The molecule has 0 aromatic carbocycles. The zero-order valence-electron chi connectivity index (χ0n) is 10.7. The summed E-state index contributed by atoms with van der Waals surface area (Å²) in [5.74, 6) is 0. The molecule has 0 spiro atoms. The molecule has 5 heteroatoms. The van der Waals surface area contributed by atoms with Crippen molar-refractivity contribution >= 4 is 34.4 Å². The van der Waals surface area contributed by atoms with E-state index in [1.807, 2.05) is 40.7 Å². The summed E-state index contributed by atoms with van der Waals surface area (Å²) in [5.41, 5.74) is 1.94. The van der Waals surface area contributed by atoms with Gasteiger partial charge in [0.2, 0.25) is 0 Å². The fourth-order valence-electron chi connectivity index (χ4n) is 1.34. The third-order valence-electron chi connectivity index (χ3n) is 1.91. The van der Waals surface area contributed by atoms with Gasteiger partial charge in [0, 0.05) is 9.26 Å². The van der Waals surface area contributed by atoms with Gasteiger partial charge in [0.15, 0.2) is 0 Å². The van der Waals surface area contributed by atoms with Crippen LogP contribution in [0.4, 0.5) is 10.5 Å². The van der Waals surface area contributed by atoms with E-state index in [0.717, 1.165) is 15.0 Å². The first-order chi connectivity index (χ1) is 7.69. The topological polar surface area (TPSA) is 51.2 Å². The second-order valence-electron chi connectivity index (χ2n) is 4.83. The number of carbonyl (C=O) groups is 1. The molecule has 1 rings (SSSR count). The Morgan fingerprint density at radius 3 is 2.47 bits per heavy atom. The van der Waals surface area contributed by atoms with Crippen molar-refractivity contribution < 1.29 is 9.53 Å². The molecule has 4 nitrogen and oxygen atoms in total. The van der Waals surface area contributed by atoms with E-state index in [-0.39, 0.29) is 0 Å². The van der Waals surface area contributed by atoms with Gasteiger partial charge in [-0.2, -0.15) is 0 Å². The summed E-state index contributed by atoms with van der Waals surface area (Å²) >= 11 is 2.17. The van der Waals surface area contributed by atoms with Gasteiger partial charge < -0.3 is 4.74 Å². The van der Waals surface area contributed by atoms with E-state index in [1.165, 1.54) is 0 Å². The summed E-state index contributed by atoms with van der Waals surface area (Å²) in [7, 11) is 0. The van der Waals surface area contributed by atoms with E-state index < -0.39 is 11.7 Å². The zero-order valence-corrected chi connectivity index (χ0v) is 12.9. The van der Waals surface area contributed by atoms with Crippen molar-refractivity contribution in [3.8, 4) is 0 Å². The van der Waals surface area contributed by atoms with E-state index in [9.17, 15) is 4.79 Å². The molecule has 0 aliphatic heterocycles. The first kappa shape index (κ1) is 14.2. The number of pyridine rings is 1. The minimum Gasteiger partial charge on any atom is -0.444 e. The Labute approximate surface area is 115 Å². The summed E-state index contributed by atoms with van der Waals surface area (Å²) in [5, 5.41) is 2.73. The number of nitrogens with one attached hydrogen (secondary N) is 1. The second kappa shape index (κ2) is 5.20. The van der Waals surface area contributed by atoms with E-state index in [4.69, 9.17) is 4.74 Å². The summed E-state index contributed by atoms with van der Waals surface area (Å²) in [6, 6.07) is 1.92. The molecule has 1 aromatic rings. The smallest absolute Gasteiger partial charge is 0.412 e. The van der Waals surface area contributed by atoms with Crippen molar-refractivity contribution in [2.45, 2.75) is 40.2 Å². The Morgan fingerprint density at radius 2 is 2.00 bits per heavy atom. The quantitative estimate of drug-likeness (QED) is 0.789. The lowest BCUT2D eigenvalue weighted by Gasteiger charge is -2.20. The number of ether oxygens (including phenoxy) is 1. The van der Waals surface area contributed by atoms with Gasteiger partial charge in [0.25, 0.3) is 0 Å². The average molecular weight is 348 g/mol. The highest BCUT2D eigenvalue weighted by Gasteiger charge is 2.18. The van der Waals surface area contributed by atoms with Crippen LogP contribution in [0.3, 0.4) is 0 Å². The maximum absolute atomic E-state index is 11.7. The standard InChI is InChI=1S/C12H17IN2O2/c1-7-6-9(13)10(8(2)14-7)15-11(16)17-12(3,4)5/h6H,1-5H3,(H,15,16). The van der Waals surface area contributed by atoms with Crippen molar-refractivity contribution in [2.24, 2.45) is 0 Å². The number of aryl methyl sites for hydroxylation is 2. The Kier molecular flexibility index (Phi) is 4.35. The Bertz CT molecular complexity index is 416. The molecule has 0 bridgehead atoms. The molecule has 0 saturated carbocycles. The van der Waals surface area contributed by atoms with E-state index >= 15 is 0 Å². The summed E-state index contributed by atoms with van der Waals surface area (Å²) in [6.07, 6.45) is -0.454. The molecule has 17 heavy (non-hydrogen) atoms. The van der Waals surface area contributed by atoms with Crippen LogP contribution in [-0.2, 0) is 4.74 Å². The van der Waals surface area contributed by atoms with Crippen LogP contribution >= 0.6 is 22.6 Å². The molecular weight excluding hydrogens is 331 g/mol. The molecule has 0 aliphatic carbocycles. The van der Waals surface area contributed by atoms with Crippen LogP contribution in [0.15, 0.2) is 6.07 Å². The van der Waals surface area contributed by atoms with E-state index in [0.29, 0.717) is 5.69 Å². The van der Waals surface area contributed by atoms with Gasteiger partial charge in [-0.05, 0) is 63.3 Å². The van der Waals surface area contributed by atoms with Crippen LogP contribution < -0.4 is 5.32 Å². The summed E-state index contributed by atoms with van der Waals surface area (Å²) < 4.78 is 6.16.